The molecule has 16 atom stereocenters. The molecule has 0 spiro atoms. The second-order valence-electron chi connectivity index (χ2n) is 20.7. The Balaban J connectivity index is 1.72. The van der Waals surface area contributed by atoms with Gasteiger partial charge in [0.25, 0.3) is 11.7 Å². The molecule has 0 radical (unpaired) electrons. The van der Waals surface area contributed by atoms with Gasteiger partial charge in [0.1, 0.15) is 29.6 Å². The van der Waals surface area contributed by atoms with Crippen LogP contribution in [0.25, 0.3) is 0 Å². The number of aliphatic hydroxyl groups is 3. The van der Waals surface area contributed by atoms with Gasteiger partial charge in [0.15, 0.2) is 5.78 Å². The predicted molar refractivity (Wildman–Crippen MR) is 263 cm³/mol. The monoisotopic (exact) mass is 1060 g/mol. The first-order chi connectivity index (χ1) is 31.5. The summed E-state index contributed by atoms with van der Waals surface area (Å²) >= 11 is 2.38. The first kappa shape index (κ1) is 57.2. The molecule has 67 heavy (non-hydrogen) atoms. The number of esters is 1. The van der Waals surface area contributed by atoms with Crippen LogP contribution in [0.5, 0.6) is 0 Å². The maximum atomic E-state index is 14.4. The van der Waals surface area contributed by atoms with E-state index in [-0.39, 0.29) is 58.7 Å². The van der Waals surface area contributed by atoms with Gasteiger partial charge in [0, 0.05) is 62.4 Å². The molecule has 0 aromatic heterocycles. The van der Waals surface area contributed by atoms with E-state index in [0.717, 1.165) is 18.4 Å². The fourth-order valence-corrected chi connectivity index (χ4v) is 11.8. The van der Waals surface area contributed by atoms with Crippen molar-refractivity contribution in [1.29, 1.82) is 0 Å². The van der Waals surface area contributed by atoms with E-state index in [0.29, 0.717) is 63.4 Å². The summed E-state index contributed by atoms with van der Waals surface area (Å²) < 4.78 is 29.8. The zero-order chi connectivity index (χ0) is 50.0. The number of hydrogen-bond donors (Lipinski definition) is 3. The Labute approximate surface area is 413 Å². The number of hydrogen-bond acceptors (Lipinski definition) is 13. The molecule has 1 unspecified atom stereocenters. The molecular formula is C52H82INO13. The number of alkyl halides is 1. The molecule has 2 bridgehead atoms. The lowest BCUT2D eigenvalue weighted by atomic mass is 9.78. The van der Waals surface area contributed by atoms with E-state index in [1.54, 1.807) is 41.1 Å². The average Bonchev–Trinajstić information content (AvgIpc) is 3.28. The Morgan fingerprint density at radius 2 is 1.60 bits per heavy atom. The number of piperidine rings is 1. The molecular weight excluding hydrogens is 973 g/mol. The summed E-state index contributed by atoms with van der Waals surface area (Å²) in [5, 5.41) is 34.4. The fraction of sp³-hybridized carbons (Fsp3) is 0.788. The van der Waals surface area contributed by atoms with Gasteiger partial charge in [-0.2, -0.15) is 0 Å². The number of carbonyl (C=O) groups is 5. The summed E-state index contributed by atoms with van der Waals surface area (Å²) in [4.78, 5) is 72.4. The van der Waals surface area contributed by atoms with Crippen LogP contribution in [0.15, 0.2) is 35.5 Å². The molecule has 3 aliphatic heterocycles. The number of rotatable bonds is 6. The number of aliphatic hydroxyl groups excluding tert-OH is 1. The Bertz CT molecular complexity index is 1800. The second-order valence-corrected chi connectivity index (χ2v) is 22.3. The maximum absolute atomic E-state index is 14.4. The van der Waals surface area contributed by atoms with Gasteiger partial charge >= 0.3 is 5.97 Å². The highest BCUT2D eigenvalue weighted by molar-refractivity contribution is 14.1. The predicted octanol–water partition coefficient (Wildman–Crippen LogP) is 7.21. The van der Waals surface area contributed by atoms with E-state index < -0.39 is 83.4 Å². The summed E-state index contributed by atoms with van der Waals surface area (Å²) in [6.45, 7) is 14.5. The molecule has 1 aliphatic carbocycles. The van der Waals surface area contributed by atoms with Crippen molar-refractivity contribution < 1.29 is 63.0 Å². The number of ketones is 3. The number of fused-ring (bicyclic) bond motifs is 3. The Morgan fingerprint density at radius 1 is 0.896 bits per heavy atom. The average molecular weight is 1060 g/mol. The molecule has 2 saturated heterocycles. The first-order valence-corrected chi connectivity index (χ1v) is 25.9. The van der Waals surface area contributed by atoms with Crippen LogP contribution < -0.4 is 0 Å². The van der Waals surface area contributed by atoms with Crippen molar-refractivity contribution in [2.24, 2.45) is 35.5 Å². The number of amides is 1. The van der Waals surface area contributed by atoms with Crippen LogP contribution >= 0.6 is 22.6 Å². The third-order valence-electron chi connectivity index (χ3n) is 15.3. The van der Waals surface area contributed by atoms with Gasteiger partial charge in [-0.3, -0.25) is 19.2 Å². The minimum atomic E-state index is -2.43. The largest absolute Gasteiger partial charge is 0.460 e. The molecule has 0 aromatic rings. The van der Waals surface area contributed by atoms with Crippen molar-refractivity contribution in [1.82, 2.24) is 4.90 Å². The van der Waals surface area contributed by atoms with Crippen LogP contribution in [0.2, 0.25) is 0 Å². The van der Waals surface area contributed by atoms with E-state index in [2.05, 4.69) is 35.6 Å². The summed E-state index contributed by atoms with van der Waals surface area (Å²) in [6, 6.07) is -1.14. The molecule has 3 N–H and O–H groups in total. The smallest absolute Gasteiger partial charge is 0.329 e. The van der Waals surface area contributed by atoms with Crippen LogP contribution in [0.3, 0.4) is 0 Å². The van der Waals surface area contributed by atoms with Gasteiger partial charge in [-0.15, -0.1) is 0 Å². The van der Waals surface area contributed by atoms with Gasteiger partial charge in [0.2, 0.25) is 5.79 Å². The lowest BCUT2D eigenvalue weighted by Gasteiger charge is -2.42. The Kier molecular flexibility index (Phi) is 21.9. The van der Waals surface area contributed by atoms with Crippen LogP contribution in [-0.2, 0) is 47.7 Å². The lowest BCUT2D eigenvalue weighted by molar-refractivity contribution is -0.265. The molecule has 380 valence electrons. The topological polar surface area (TPSA) is 195 Å². The number of allylic oxidation sites excluding steroid dienone is 4. The Hall–Kier alpha value is -2.38. The van der Waals surface area contributed by atoms with Gasteiger partial charge in [-0.05, 0) is 120 Å². The zero-order valence-electron chi connectivity index (χ0n) is 42.0. The molecule has 15 heteroatoms. The van der Waals surface area contributed by atoms with Crippen molar-refractivity contribution in [3.63, 3.8) is 0 Å². The quantitative estimate of drug-likeness (QED) is 0.0795. The number of Topliss-reactive ketones (excluding diaryl/α,β-unsaturated/α-hetero) is 3. The molecule has 1 saturated carbocycles. The highest BCUT2D eigenvalue weighted by Crippen LogP contribution is 2.38. The van der Waals surface area contributed by atoms with Crippen LogP contribution in [0.1, 0.15) is 139 Å². The molecule has 3 fully saturated rings. The van der Waals surface area contributed by atoms with E-state index in [4.69, 9.17) is 23.7 Å². The van der Waals surface area contributed by atoms with E-state index in [1.807, 2.05) is 32.9 Å². The lowest BCUT2D eigenvalue weighted by Crippen LogP contribution is -2.61. The molecule has 4 rings (SSSR count). The third kappa shape index (κ3) is 14.8. The number of carbonyl (C=O) groups excluding carboxylic acids is 5. The van der Waals surface area contributed by atoms with Gasteiger partial charge in [-0.1, -0.05) is 81.5 Å². The molecule has 1 amide bonds. The Morgan fingerprint density at radius 3 is 2.25 bits per heavy atom. The van der Waals surface area contributed by atoms with E-state index in [9.17, 15) is 39.3 Å². The number of halogens is 1. The standard InChI is InChI=1S/C52H82INO13/c1-30-23-34(5)46(57)48(65-11)51(8,61)36(7)25-32(3)42(56)29-44(33(4)26-37-19-21-41(55)45(27-37)64-10)66-50(60)40-17-12-13-22-54(40)49(59)47(58)52(62)35(6)18-20-39(67-52)28-43(63-9)31(2)15-14-16-38(53)24-30/h14-16,25,30,32-35,37-41,43-45,48,55,61-62H,12-13,17-24,26-29H2,1-11H3/b16-14?,31-15?,36-25+/t30-,32+,33+,34+,35+,37-,38?,39-,40-,41+,43-,44-,45+,48-,51-,52+/m0/s1. The summed E-state index contributed by atoms with van der Waals surface area (Å²) in [5.41, 5.74) is -0.458. The summed E-state index contributed by atoms with van der Waals surface area (Å²) in [5.74, 6) is -7.80. The van der Waals surface area contributed by atoms with Crippen molar-refractivity contribution in [3.8, 4) is 0 Å². The van der Waals surface area contributed by atoms with Gasteiger partial charge in [-0.25, -0.2) is 4.79 Å². The van der Waals surface area contributed by atoms with Gasteiger partial charge < -0.3 is 43.9 Å². The zero-order valence-corrected chi connectivity index (χ0v) is 44.2. The van der Waals surface area contributed by atoms with Crippen molar-refractivity contribution in [2.45, 2.75) is 197 Å². The van der Waals surface area contributed by atoms with Gasteiger partial charge in [0.05, 0.1) is 24.4 Å². The third-order valence-corrected chi connectivity index (χ3v) is 16.2. The highest BCUT2D eigenvalue weighted by Gasteiger charge is 2.53. The van der Waals surface area contributed by atoms with Crippen molar-refractivity contribution in [3.05, 3.63) is 35.5 Å². The van der Waals surface area contributed by atoms with Crippen molar-refractivity contribution in [2.75, 3.05) is 27.9 Å². The number of cyclic esters (lactones) is 1. The summed E-state index contributed by atoms with van der Waals surface area (Å²) in [7, 11) is 4.56. The number of ether oxygens (including phenoxy) is 5. The number of nitrogens with zero attached hydrogens (tertiary/aromatic N) is 1. The van der Waals surface area contributed by atoms with Crippen LogP contribution in [0, 0.1) is 35.5 Å². The molecule has 14 nitrogen and oxygen atoms in total. The van der Waals surface area contributed by atoms with Crippen LogP contribution in [0.4, 0.5) is 0 Å². The number of methoxy groups -OCH3 is 3. The highest BCUT2D eigenvalue weighted by atomic mass is 127. The molecule has 4 aliphatic rings. The first-order valence-electron chi connectivity index (χ1n) is 24.7. The van der Waals surface area contributed by atoms with Crippen LogP contribution in [-0.4, -0.2) is 135 Å². The van der Waals surface area contributed by atoms with Crippen molar-refractivity contribution >= 4 is 51.8 Å². The normalized spacial score (nSPS) is 40.3. The molecule has 3 heterocycles. The minimum Gasteiger partial charge on any atom is -0.460 e. The van der Waals surface area contributed by atoms with E-state index in [1.165, 1.54) is 18.9 Å². The maximum Gasteiger partial charge on any atom is 0.329 e. The fourth-order valence-electron chi connectivity index (χ4n) is 10.7. The SMILES string of the molecule is CO[C@H]1C[C@@H]2CC[C@@H](C)[C@@](O)(O2)C(=O)C(=O)N2CCCC[C@H]2C(=O)O[C@H]([C@H](C)C[C@@H]2CC[C@@H](O)[C@H](OC)C2)CC(=O)[C@H](C)/C=C(\C)[C@](C)(O)[C@@H](OC)C(=O)[C@H](C)C[C@H](C)CC(I)C=CC=C1C. The van der Waals surface area contributed by atoms with E-state index >= 15 is 0 Å². The second kappa shape index (κ2) is 25.7. The summed E-state index contributed by atoms with van der Waals surface area (Å²) in [6.07, 6.45) is 9.82. The minimum absolute atomic E-state index is 0.0885. The molecule has 0 aromatic carbocycles.